The molecule has 19 heavy (non-hydrogen) atoms. The van der Waals surface area contributed by atoms with Crippen LogP contribution in [0.1, 0.15) is 25.2 Å². The standard InChI is InChI=1S/C13H14N2O4/c16-10-5-3-4-9(8-10)13-15-14-11(19-13)6-1-2-7-12(17)18/h3-5,8,16H,1-2,6-7H2,(H,17,18). The van der Waals surface area contributed by atoms with Crippen LogP contribution in [0.3, 0.4) is 0 Å². The Labute approximate surface area is 109 Å². The maximum Gasteiger partial charge on any atom is 0.303 e. The summed E-state index contributed by atoms with van der Waals surface area (Å²) in [5.74, 6) is 0.164. The highest BCUT2D eigenvalue weighted by Gasteiger charge is 2.09. The van der Waals surface area contributed by atoms with Gasteiger partial charge in [0.1, 0.15) is 5.75 Å². The Hall–Kier alpha value is -2.37. The Balaban J connectivity index is 1.94. The molecule has 2 N–H and O–H groups in total. The molecule has 1 heterocycles. The van der Waals surface area contributed by atoms with Gasteiger partial charge in [0.2, 0.25) is 11.8 Å². The van der Waals surface area contributed by atoms with Crippen molar-refractivity contribution in [1.29, 1.82) is 0 Å². The van der Waals surface area contributed by atoms with E-state index in [0.717, 1.165) is 0 Å². The van der Waals surface area contributed by atoms with Crippen molar-refractivity contribution in [1.82, 2.24) is 10.2 Å². The van der Waals surface area contributed by atoms with E-state index in [-0.39, 0.29) is 12.2 Å². The molecular formula is C13H14N2O4. The van der Waals surface area contributed by atoms with Crippen molar-refractivity contribution in [2.75, 3.05) is 0 Å². The number of hydrogen-bond donors (Lipinski definition) is 2. The second-order valence-electron chi connectivity index (χ2n) is 4.15. The minimum atomic E-state index is -0.800. The maximum absolute atomic E-state index is 10.4. The maximum atomic E-state index is 10.4. The zero-order valence-electron chi connectivity index (χ0n) is 10.2. The van der Waals surface area contributed by atoms with Crippen LogP contribution >= 0.6 is 0 Å². The number of carboxylic acids is 1. The van der Waals surface area contributed by atoms with E-state index in [9.17, 15) is 9.90 Å². The Morgan fingerprint density at radius 2 is 2.11 bits per heavy atom. The Bertz CT molecular complexity index is 565. The van der Waals surface area contributed by atoms with Crippen molar-refractivity contribution in [2.24, 2.45) is 0 Å². The van der Waals surface area contributed by atoms with E-state index < -0.39 is 5.97 Å². The molecule has 0 atom stereocenters. The lowest BCUT2D eigenvalue weighted by molar-refractivity contribution is -0.137. The number of aliphatic carboxylic acids is 1. The number of nitrogens with zero attached hydrogens (tertiary/aromatic N) is 2. The van der Waals surface area contributed by atoms with Crippen LogP contribution in [0.2, 0.25) is 0 Å². The van der Waals surface area contributed by atoms with Gasteiger partial charge in [0.05, 0.1) is 0 Å². The summed E-state index contributed by atoms with van der Waals surface area (Å²) in [4.78, 5) is 10.4. The highest BCUT2D eigenvalue weighted by Crippen LogP contribution is 2.22. The molecule has 0 saturated heterocycles. The average Bonchev–Trinajstić information content (AvgIpc) is 2.83. The molecule has 6 heteroatoms. The second kappa shape index (κ2) is 5.99. The highest BCUT2D eigenvalue weighted by atomic mass is 16.4. The summed E-state index contributed by atoms with van der Waals surface area (Å²) in [6.45, 7) is 0. The summed E-state index contributed by atoms with van der Waals surface area (Å²) < 4.78 is 5.45. The van der Waals surface area contributed by atoms with Gasteiger partial charge < -0.3 is 14.6 Å². The molecule has 0 spiro atoms. The van der Waals surface area contributed by atoms with E-state index in [1.807, 2.05) is 0 Å². The first kappa shape index (κ1) is 13.1. The molecule has 0 radical (unpaired) electrons. The van der Waals surface area contributed by atoms with E-state index in [2.05, 4.69) is 10.2 Å². The smallest absolute Gasteiger partial charge is 0.303 e. The van der Waals surface area contributed by atoms with Gasteiger partial charge >= 0.3 is 5.97 Å². The minimum absolute atomic E-state index is 0.138. The van der Waals surface area contributed by atoms with Crippen LogP contribution < -0.4 is 0 Å². The van der Waals surface area contributed by atoms with E-state index in [1.54, 1.807) is 24.3 Å². The van der Waals surface area contributed by atoms with Gasteiger partial charge in [-0.1, -0.05) is 6.07 Å². The SMILES string of the molecule is O=C(O)CCCCc1nnc(-c2cccc(O)c2)o1. The molecule has 2 aromatic rings. The van der Waals surface area contributed by atoms with Crippen molar-refractivity contribution < 1.29 is 19.4 Å². The first-order chi connectivity index (χ1) is 9.15. The predicted octanol–water partition coefficient (Wildman–Crippen LogP) is 2.24. The van der Waals surface area contributed by atoms with Gasteiger partial charge in [-0.25, -0.2) is 0 Å². The Kier molecular flexibility index (Phi) is 4.12. The molecule has 100 valence electrons. The van der Waals surface area contributed by atoms with Crippen LogP contribution in [0.15, 0.2) is 28.7 Å². The lowest BCUT2D eigenvalue weighted by Crippen LogP contribution is -1.95. The van der Waals surface area contributed by atoms with Gasteiger partial charge in [0.25, 0.3) is 0 Å². The van der Waals surface area contributed by atoms with Gasteiger partial charge in [0.15, 0.2) is 0 Å². The summed E-state index contributed by atoms with van der Waals surface area (Å²) in [6.07, 6.45) is 1.97. The zero-order chi connectivity index (χ0) is 13.7. The Morgan fingerprint density at radius 3 is 2.84 bits per heavy atom. The number of aryl methyl sites for hydroxylation is 1. The van der Waals surface area contributed by atoms with Crippen molar-refractivity contribution >= 4 is 5.97 Å². The second-order valence-corrected chi connectivity index (χ2v) is 4.15. The molecular weight excluding hydrogens is 248 g/mol. The van der Waals surface area contributed by atoms with Crippen molar-refractivity contribution in [2.45, 2.75) is 25.7 Å². The number of aromatic hydroxyl groups is 1. The normalized spacial score (nSPS) is 10.5. The van der Waals surface area contributed by atoms with E-state index in [0.29, 0.717) is 36.6 Å². The van der Waals surface area contributed by atoms with Gasteiger partial charge in [-0.3, -0.25) is 4.79 Å². The predicted molar refractivity (Wildman–Crippen MR) is 66.6 cm³/mol. The minimum Gasteiger partial charge on any atom is -0.508 e. The lowest BCUT2D eigenvalue weighted by Gasteiger charge is -1.96. The van der Waals surface area contributed by atoms with Crippen molar-refractivity contribution in [3.8, 4) is 17.2 Å². The fourth-order valence-electron chi connectivity index (χ4n) is 1.66. The molecule has 2 rings (SSSR count). The largest absolute Gasteiger partial charge is 0.508 e. The van der Waals surface area contributed by atoms with Crippen LogP contribution in [0.5, 0.6) is 5.75 Å². The van der Waals surface area contributed by atoms with Crippen molar-refractivity contribution in [3.63, 3.8) is 0 Å². The molecule has 0 saturated carbocycles. The molecule has 0 unspecified atom stereocenters. The van der Waals surface area contributed by atoms with E-state index in [1.165, 1.54) is 0 Å². The number of aromatic nitrogens is 2. The molecule has 0 aliphatic carbocycles. The van der Waals surface area contributed by atoms with Gasteiger partial charge in [-0.15, -0.1) is 10.2 Å². The summed E-state index contributed by atoms with van der Waals surface area (Å²) in [5.41, 5.74) is 0.657. The quantitative estimate of drug-likeness (QED) is 0.775. The fraction of sp³-hybridized carbons (Fsp3) is 0.308. The Morgan fingerprint density at radius 1 is 1.26 bits per heavy atom. The fourth-order valence-corrected chi connectivity index (χ4v) is 1.66. The topological polar surface area (TPSA) is 96.5 Å². The first-order valence-corrected chi connectivity index (χ1v) is 5.99. The van der Waals surface area contributed by atoms with Crippen LogP contribution in [0.25, 0.3) is 11.5 Å². The third-order valence-electron chi connectivity index (χ3n) is 2.59. The van der Waals surface area contributed by atoms with Gasteiger partial charge in [-0.05, 0) is 31.0 Å². The number of carboxylic acid groups (broad SMARTS) is 1. The van der Waals surface area contributed by atoms with Crippen LogP contribution in [0.4, 0.5) is 0 Å². The summed E-state index contributed by atoms with van der Waals surface area (Å²) >= 11 is 0. The third-order valence-corrected chi connectivity index (χ3v) is 2.59. The van der Waals surface area contributed by atoms with Gasteiger partial charge in [0, 0.05) is 18.4 Å². The lowest BCUT2D eigenvalue weighted by atomic mass is 10.2. The van der Waals surface area contributed by atoms with E-state index in [4.69, 9.17) is 9.52 Å². The molecule has 0 aliphatic heterocycles. The third kappa shape index (κ3) is 3.80. The molecule has 1 aromatic carbocycles. The summed E-state index contributed by atoms with van der Waals surface area (Å²) in [6, 6.07) is 6.57. The first-order valence-electron chi connectivity index (χ1n) is 5.99. The molecule has 0 fully saturated rings. The number of phenolic OH excluding ortho intramolecular Hbond substituents is 1. The van der Waals surface area contributed by atoms with Crippen molar-refractivity contribution in [3.05, 3.63) is 30.2 Å². The molecule has 0 bridgehead atoms. The van der Waals surface area contributed by atoms with Gasteiger partial charge in [-0.2, -0.15) is 0 Å². The van der Waals surface area contributed by atoms with E-state index >= 15 is 0 Å². The molecule has 6 nitrogen and oxygen atoms in total. The summed E-state index contributed by atoms with van der Waals surface area (Å²) in [5, 5.41) is 25.7. The number of phenols is 1. The average molecular weight is 262 g/mol. The summed E-state index contributed by atoms with van der Waals surface area (Å²) in [7, 11) is 0. The molecule has 0 aliphatic rings. The monoisotopic (exact) mass is 262 g/mol. The number of carbonyl (C=O) groups is 1. The van der Waals surface area contributed by atoms with Crippen LogP contribution in [-0.4, -0.2) is 26.4 Å². The zero-order valence-corrected chi connectivity index (χ0v) is 10.2. The number of unbranched alkanes of at least 4 members (excludes halogenated alkanes) is 1. The number of benzene rings is 1. The van der Waals surface area contributed by atoms with Crippen LogP contribution in [0, 0.1) is 0 Å². The molecule has 0 amide bonds. The van der Waals surface area contributed by atoms with Crippen LogP contribution in [-0.2, 0) is 11.2 Å². The number of hydrogen-bond acceptors (Lipinski definition) is 5. The highest BCUT2D eigenvalue weighted by molar-refractivity contribution is 5.66. The molecule has 1 aromatic heterocycles. The number of rotatable bonds is 6.